The van der Waals surface area contributed by atoms with E-state index in [-0.39, 0.29) is 17.4 Å². The fourth-order valence-corrected chi connectivity index (χ4v) is 5.09. The Balaban J connectivity index is 1.36. The van der Waals surface area contributed by atoms with Gasteiger partial charge in [0.2, 0.25) is 5.91 Å². The van der Waals surface area contributed by atoms with Crippen LogP contribution in [0.4, 0.5) is 13.2 Å². The highest BCUT2D eigenvalue weighted by molar-refractivity contribution is 5.79. The molecule has 1 amide bonds. The number of amides is 1. The molecule has 0 spiro atoms. The molecular formula is C26H31F3N2O2. The first-order valence-corrected chi connectivity index (χ1v) is 11.7. The summed E-state index contributed by atoms with van der Waals surface area (Å²) in [7, 11) is 0. The van der Waals surface area contributed by atoms with E-state index in [2.05, 4.69) is 17.4 Å². The lowest BCUT2D eigenvalue weighted by molar-refractivity contribution is -0.137. The zero-order chi connectivity index (χ0) is 23.3. The van der Waals surface area contributed by atoms with Gasteiger partial charge < -0.3 is 15.0 Å². The van der Waals surface area contributed by atoms with Gasteiger partial charge in [0.1, 0.15) is 0 Å². The van der Waals surface area contributed by atoms with Crippen LogP contribution in [0.15, 0.2) is 54.6 Å². The van der Waals surface area contributed by atoms with Crippen LogP contribution in [0.5, 0.6) is 0 Å². The van der Waals surface area contributed by atoms with Crippen molar-refractivity contribution in [2.75, 3.05) is 26.3 Å². The van der Waals surface area contributed by atoms with E-state index in [0.717, 1.165) is 31.7 Å². The molecule has 2 aromatic rings. The van der Waals surface area contributed by atoms with Crippen molar-refractivity contribution in [2.45, 2.75) is 56.3 Å². The van der Waals surface area contributed by atoms with E-state index in [1.165, 1.54) is 17.7 Å². The second kappa shape index (κ2) is 10.3. The molecule has 178 valence electrons. The molecule has 4 rings (SSSR count). The molecule has 1 atom stereocenters. The van der Waals surface area contributed by atoms with E-state index in [1.54, 1.807) is 6.07 Å². The van der Waals surface area contributed by atoms with Crippen LogP contribution >= 0.6 is 0 Å². The topological polar surface area (TPSA) is 41.6 Å². The minimum absolute atomic E-state index is 0.0940. The molecule has 7 heteroatoms. The number of hydrogen-bond donors (Lipinski definition) is 1. The fourth-order valence-electron chi connectivity index (χ4n) is 5.09. The van der Waals surface area contributed by atoms with Crippen molar-refractivity contribution in [3.8, 4) is 0 Å². The Kier molecular flexibility index (Phi) is 7.39. The van der Waals surface area contributed by atoms with E-state index in [9.17, 15) is 18.0 Å². The molecule has 4 nitrogen and oxygen atoms in total. The van der Waals surface area contributed by atoms with Gasteiger partial charge in [-0.05, 0) is 49.4 Å². The highest BCUT2D eigenvalue weighted by Gasteiger charge is 2.41. The maximum Gasteiger partial charge on any atom is 0.416 e. The zero-order valence-corrected chi connectivity index (χ0v) is 18.7. The Bertz CT molecular complexity index is 927. The highest BCUT2D eigenvalue weighted by atomic mass is 19.4. The van der Waals surface area contributed by atoms with E-state index >= 15 is 0 Å². The summed E-state index contributed by atoms with van der Waals surface area (Å²) in [6.45, 7) is 3.10. The molecule has 2 saturated heterocycles. The maximum atomic E-state index is 12.9. The normalized spacial score (nSPS) is 20.9. The Morgan fingerprint density at radius 3 is 2.55 bits per heavy atom. The summed E-state index contributed by atoms with van der Waals surface area (Å²) in [5.41, 5.74) is 1.14. The van der Waals surface area contributed by atoms with Crippen molar-refractivity contribution in [3.63, 3.8) is 0 Å². The number of rotatable bonds is 8. The van der Waals surface area contributed by atoms with Crippen LogP contribution in [0.2, 0.25) is 0 Å². The van der Waals surface area contributed by atoms with Crippen LogP contribution in [0, 0.1) is 0 Å². The van der Waals surface area contributed by atoms with Crippen molar-refractivity contribution < 1.29 is 22.7 Å². The molecule has 2 aliphatic heterocycles. The first-order chi connectivity index (χ1) is 15.9. The Labute approximate surface area is 193 Å². The molecule has 0 bridgehead atoms. The molecule has 0 aromatic heterocycles. The second-order valence-electron chi connectivity index (χ2n) is 9.14. The summed E-state index contributed by atoms with van der Waals surface area (Å²) >= 11 is 0. The molecule has 1 N–H and O–H groups in total. The minimum Gasteiger partial charge on any atom is -0.381 e. The Hall–Kier alpha value is -2.38. The lowest BCUT2D eigenvalue weighted by Gasteiger charge is -2.42. The van der Waals surface area contributed by atoms with Crippen LogP contribution in [-0.4, -0.2) is 43.2 Å². The van der Waals surface area contributed by atoms with Gasteiger partial charge in [-0.3, -0.25) is 4.79 Å². The molecule has 0 radical (unpaired) electrons. The largest absolute Gasteiger partial charge is 0.416 e. The summed E-state index contributed by atoms with van der Waals surface area (Å²) in [5.74, 6) is 0.194. The monoisotopic (exact) mass is 460 g/mol. The van der Waals surface area contributed by atoms with Crippen molar-refractivity contribution in [3.05, 3.63) is 71.3 Å². The van der Waals surface area contributed by atoms with Gasteiger partial charge >= 0.3 is 6.18 Å². The predicted octanol–water partition coefficient (Wildman–Crippen LogP) is 4.92. The summed E-state index contributed by atoms with van der Waals surface area (Å²) in [5, 5.41) is 3.26. The number of ether oxygens (including phenoxy) is 1. The minimum atomic E-state index is -4.33. The number of nitrogens with one attached hydrogen (secondary N) is 1. The second-order valence-corrected chi connectivity index (χ2v) is 9.14. The molecule has 0 aliphatic carbocycles. The summed E-state index contributed by atoms with van der Waals surface area (Å²) < 4.78 is 44.4. The van der Waals surface area contributed by atoms with Crippen molar-refractivity contribution >= 4 is 5.91 Å². The number of likely N-dealkylation sites (tertiary alicyclic amines) is 1. The third kappa shape index (κ3) is 5.76. The van der Waals surface area contributed by atoms with Gasteiger partial charge in [-0.15, -0.1) is 0 Å². The van der Waals surface area contributed by atoms with Gasteiger partial charge in [0.25, 0.3) is 0 Å². The fraction of sp³-hybridized carbons (Fsp3) is 0.500. The molecule has 2 aliphatic rings. The smallest absolute Gasteiger partial charge is 0.381 e. The van der Waals surface area contributed by atoms with Gasteiger partial charge in [0.05, 0.1) is 5.56 Å². The SMILES string of the molecule is O=C1CCC(CCNCc2cccc(C(F)(F)F)c2)N1CC1(c2ccccc2)CCOCC1. The third-order valence-corrected chi connectivity index (χ3v) is 7.00. The van der Waals surface area contributed by atoms with Crippen LogP contribution in [-0.2, 0) is 27.7 Å². The predicted molar refractivity (Wildman–Crippen MR) is 121 cm³/mol. The molecule has 0 saturated carbocycles. The molecular weight excluding hydrogens is 429 g/mol. The van der Waals surface area contributed by atoms with Crippen molar-refractivity contribution in [1.29, 1.82) is 0 Å². The average Bonchev–Trinajstić information content (AvgIpc) is 3.16. The number of halogens is 3. The van der Waals surface area contributed by atoms with Crippen molar-refractivity contribution in [1.82, 2.24) is 10.2 Å². The number of alkyl halides is 3. The molecule has 2 aromatic carbocycles. The molecule has 33 heavy (non-hydrogen) atoms. The molecule has 1 unspecified atom stereocenters. The van der Waals surface area contributed by atoms with Gasteiger partial charge in [-0.25, -0.2) is 0 Å². The Morgan fingerprint density at radius 2 is 1.82 bits per heavy atom. The van der Waals surface area contributed by atoms with Gasteiger partial charge in [-0.2, -0.15) is 13.2 Å². The zero-order valence-electron chi connectivity index (χ0n) is 18.7. The van der Waals surface area contributed by atoms with Crippen LogP contribution < -0.4 is 5.32 Å². The summed E-state index contributed by atoms with van der Waals surface area (Å²) in [6, 6.07) is 16.0. The van der Waals surface area contributed by atoms with Gasteiger partial charge in [0.15, 0.2) is 0 Å². The number of hydrogen-bond acceptors (Lipinski definition) is 3. The number of benzene rings is 2. The summed E-state index contributed by atoms with van der Waals surface area (Å²) in [4.78, 5) is 14.8. The number of carbonyl (C=O) groups is 1. The van der Waals surface area contributed by atoms with Crippen LogP contribution in [0.1, 0.15) is 48.8 Å². The highest BCUT2D eigenvalue weighted by Crippen LogP contribution is 2.38. The van der Waals surface area contributed by atoms with E-state index in [0.29, 0.717) is 44.8 Å². The average molecular weight is 461 g/mol. The number of nitrogens with zero attached hydrogens (tertiary/aromatic N) is 1. The molecule has 2 fully saturated rings. The van der Waals surface area contributed by atoms with E-state index in [4.69, 9.17) is 4.74 Å². The first-order valence-electron chi connectivity index (χ1n) is 11.7. The van der Waals surface area contributed by atoms with Crippen LogP contribution in [0.3, 0.4) is 0 Å². The molecule has 2 heterocycles. The van der Waals surface area contributed by atoms with E-state index < -0.39 is 11.7 Å². The lowest BCUT2D eigenvalue weighted by Crippen LogP contribution is -2.48. The van der Waals surface area contributed by atoms with Crippen LogP contribution in [0.25, 0.3) is 0 Å². The lowest BCUT2D eigenvalue weighted by atomic mass is 9.73. The van der Waals surface area contributed by atoms with Crippen molar-refractivity contribution in [2.24, 2.45) is 0 Å². The quantitative estimate of drug-likeness (QED) is 0.569. The van der Waals surface area contributed by atoms with E-state index in [1.807, 2.05) is 23.1 Å². The van der Waals surface area contributed by atoms with Gasteiger partial charge in [-0.1, -0.05) is 48.5 Å². The number of carbonyl (C=O) groups excluding carboxylic acids is 1. The van der Waals surface area contributed by atoms with Gasteiger partial charge in [0, 0.05) is 44.2 Å². The maximum absolute atomic E-state index is 12.9. The standard InChI is InChI=1S/C26H31F3N2O2/c27-26(28,29)22-8-4-5-20(17-22)18-30-14-11-23-9-10-24(32)31(23)19-25(12-15-33-16-13-25)21-6-2-1-3-7-21/h1-8,17,23,30H,9-16,18-19H2. The third-order valence-electron chi connectivity index (χ3n) is 7.00. The summed E-state index contributed by atoms with van der Waals surface area (Å²) in [6.07, 6.45) is -0.389. The Morgan fingerprint density at radius 1 is 1.06 bits per heavy atom. The first kappa shape index (κ1) is 23.8.